The van der Waals surface area contributed by atoms with E-state index in [9.17, 15) is 13.6 Å². The number of carbonyl (C=O) groups excluding carboxylic acids is 1. The Morgan fingerprint density at radius 1 is 1.59 bits per heavy atom. The zero-order valence-electron chi connectivity index (χ0n) is 9.34. The van der Waals surface area contributed by atoms with Gasteiger partial charge >= 0.3 is 0 Å². The van der Waals surface area contributed by atoms with E-state index in [1.807, 2.05) is 6.92 Å². The van der Waals surface area contributed by atoms with Gasteiger partial charge in [0.05, 0.1) is 12.6 Å². The van der Waals surface area contributed by atoms with Gasteiger partial charge in [0.15, 0.2) is 0 Å². The second-order valence-electron chi connectivity index (χ2n) is 4.20. The Kier molecular flexibility index (Phi) is 3.06. The van der Waals surface area contributed by atoms with Crippen LogP contribution in [0.5, 0.6) is 0 Å². The monoisotopic (exact) mass is 241 g/mol. The van der Waals surface area contributed by atoms with Crippen LogP contribution >= 0.6 is 0 Å². The number of halogens is 2. The Balaban J connectivity index is 1.96. The number of aryl methyl sites for hydroxylation is 1. The molecule has 2 heterocycles. The predicted molar refractivity (Wildman–Crippen MR) is 59.0 cm³/mol. The number of anilines is 1. The quantitative estimate of drug-likeness (QED) is 0.821. The average Bonchev–Trinajstić information content (AvgIpc) is 2.62. The van der Waals surface area contributed by atoms with Gasteiger partial charge in [0.25, 0.3) is 5.92 Å². The molecule has 17 heavy (non-hydrogen) atoms. The number of nitrogens with one attached hydrogen (secondary N) is 2. The fourth-order valence-corrected chi connectivity index (χ4v) is 1.66. The molecular weight excluding hydrogens is 228 g/mol. The van der Waals surface area contributed by atoms with Crippen molar-refractivity contribution in [1.29, 1.82) is 0 Å². The first-order chi connectivity index (χ1) is 7.96. The van der Waals surface area contributed by atoms with Crippen molar-refractivity contribution in [3.63, 3.8) is 0 Å². The summed E-state index contributed by atoms with van der Waals surface area (Å²) in [6.45, 7) is 1.42. The lowest BCUT2D eigenvalue weighted by Gasteiger charge is -2.10. The maximum Gasteiger partial charge on any atom is 0.262 e. The number of carbonyl (C=O) groups is 1. The van der Waals surface area contributed by atoms with Gasteiger partial charge < -0.3 is 5.32 Å². The van der Waals surface area contributed by atoms with Crippen LogP contribution in [0.15, 0.2) is 18.3 Å². The third kappa shape index (κ3) is 2.97. The second-order valence-corrected chi connectivity index (χ2v) is 4.20. The first-order valence-electron chi connectivity index (χ1n) is 5.31. The maximum atomic E-state index is 12.9. The minimum Gasteiger partial charge on any atom is -0.309 e. The number of alkyl halides is 2. The molecular formula is C11H13F2N3O. The fourth-order valence-electron chi connectivity index (χ4n) is 1.66. The molecule has 0 aromatic carbocycles. The molecule has 1 aromatic heterocycles. The van der Waals surface area contributed by atoms with Crippen molar-refractivity contribution in [2.24, 2.45) is 0 Å². The average molecular weight is 241 g/mol. The van der Waals surface area contributed by atoms with Crippen molar-refractivity contribution in [2.45, 2.75) is 25.3 Å². The normalized spacial score (nSPS) is 22.4. The van der Waals surface area contributed by atoms with Gasteiger partial charge in [-0.05, 0) is 18.6 Å². The van der Waals surface area contributed by atoms with Crippen molar-refractivity contribution < 1.29 is 13.6 Å². The van der Waals surface area contributed by atoms with Gasteiger partial charge in [0, 0.05) is 12.6 Å². The molecule has 1 fully saturated rings. The number of rotatable bonds is 2. The molecule has 2 N–H and O–H groups in total. The van der Waals surface area contributed by atoms with Gasteiger partial charge in [0.1, 0.15) is 5.82 Å². The van der Waals surface area contributed by atoms with Crippen LogP contribution < -0.4 is 10.6 Å². The van der Waals surface area contributed by atoms with Gasteiger partial charge in [-0.25, -0.2) is 13.8 Å². The number of hydrogen-bond acceptors (Lipinski definition) is 3. The molecule has 1 unspecified atom stereocenters. The van der Waals surface area contributed by atoms with Crippen molar-refractivity contribution in [1.82, 2.24) is 10.3 Å². The summed E-state index contributed by atoms with van der Waals surface area (Å²) in [7, 11) is 0. The van der Waals surface area contributed by atoms with Gasteiger partial charge in [-0.15, -0.1) is 0 Å². The molecule has 92 valence electrons. The first kappa shape index (κ1) is 11.9. The smallest absolute Gasteiger partial charge is 0.262 e. The summed E-state index contributed by atoms with van der Waals surface area (Å²) in [4.78, 5) is 15.6. The van der Waals surface area contributed by atoms with E-state index < -0.39 is 30.8 Å². The fraction of sp³-hybridized carbons (Fsp3) is 0.455. The van der Waals surface area contributed by atoms with Crippen LogP contribution in [0.1, 0.15) is 12.0 Å². The summed E-state index contributed by atoms with van der Waals surface area (Å²) < 4.78 is 25.8. The Bertz CT molecular complexity index is 419. The highest BCUT2D eigenvalue weighted by atomic mass is 19.3. The minimum absolute atomic E-state index is 0.373. The summed E-state index contributed by atoms with van der Waals surface area (Å²) in [5, 5.41) is 4.99. The highest BCUT2D eigenvalue weighted by Crippen LogP contribution is 2.25. The molecule has 1 aromatic rings. The van der Waals surface area contributed by atoms with E-state index in [1.165, 1.54) is 0 Å². The molecule has 4 nitrogen and oxygen atoms in total. The summed E-state index contributed by atoms with van der Waals surface area (Å²) in [5.74, 6) is -2.90. The SMILES string of the molecule is Cc1ccc(NC(=O)C2CC(F)(F)CN2)nc1. The first-order valence-corrected chi connectivity index (χ1v) is 5.31. The zero-order chi connectivity index (χ0) is 12.5. The maximum absolute atomic E-state index is 12.9. The van der Waals surface area contributed by atoms with E-state index >= 15 is 0 Å². The van der Waals surface area contributed by atoms with E-state index in [0.717, 1.165) is 5.56 Å². The van der Waals surface area contributed by atoms with Crippen LogP contribution in [0, 0.1) is 6.92 Å². The standard InChI is InChI=1S/C11H13F2N3O/c1-7-2-3-9(14-5-7)16-10(17)8-4-11(12,13)6-15-8/h2-3,5,8,15H,4,6H2,1H3,(H,14,16,17). The summed E-state index contributed by atoms with van der Waals surface area (Å²) in [6, 6.07) is 2.58. The molecule has 1 atom stereocenters. The van der Waals surface area contributed by atoms with Crippen molar-refractivity contribution in [2.75, 3.05) is 11.9 Å². The van der Waals surface area contributed by atoms with Crippen LogP contribution in [-0.2, 0) is 4.79 Å². The van der Waals surface area contributed by atoms with Crippen LogP contribution in [0.25, 0.3) is 0 Å². The Hall–Kier alpha value is -1.56. The molecule has 0 spiro atoms. The lowest BCUT2D eigenvalue weighted by Crippen LogP contribution is -2.35. The molecule has 1 aliphatic heterocycles. The number of amides is 1. The predicted octanol–water partition coefficient (Wildman–Crippen LogP) is 1.33. The lowest BCUT2D eigenvalue weighted by molar-refractivity contribution is -0.118. The molecule has 0 radical (unpaired) electrons. The van der Waals surface area contributed by atoms with Crippen LogP contribution in [0.3, 0.4) is 0 Å². The number of pyridine rings is 1. The number of hydrogen-bond donors (Lipinski definition) is 2. The van der Waals surface area contributed by atoms with Gasteiger partial charge in [-0.2, -0.15) is 0 Å². The van der Waals surface area contributed by atoms with Crippen LogP contribution in [0.4, 0.5) is 14.6 Å². The third-order valence-corrected chi connectivity index (χ3v) is 2.59. The van der Waals surface area contributed by atoms with E-state index in [-0.39, 0.29) is 0 Å². The highest BCUT2D eigenvalue weighted by molar-refractivity contribution is 5.94. The Morgan fingerprint density at radius 2 is 2.35 bits per heavy atom. The molecule has 2 rings (SSSR count). The highest BCUT2D eigenvalue weighted by Gasteiger charge is 2.42. The Labute approximate surface area is 97.4 Å². The topological polar surface area (TPSA) is 54.0 Å². The van der Waals surface area contributed by atoms with Gasteiger partial charge in [-0.3, -0.25) is 10.1 Å². The molecule has 0 aliphatic carbocycles. The lowest BCUT2D eigenvalue weighted by atomic mass is 10.2. The van der Waals surface area contributed by atoms with Gasteiger partial charge in [-0.1, -0.05) is 6.07 Å². The molecule has 6 heteroatoms. The molecule has 1 saturated heterocycles. The molecule has 1 amide bonds. The van der Waals surface area contributed by atoms with E-state index in [4.69, 9.17) is 0 Å². The molecule has 0 bridgehead atoms. The number of nitrogens with zero attached hydrogens (tertiary/aromatic N) is 1. The largest absolute Gasteiger partial charge is 0.309 e. The van der Waals surface area contributed by atoms with E-state index in [1.54, 1.807) is 18.3 Å². The second kappa shape index (κ2) is 4.37. The van der Waals surface area contributed by atoms with Crippen molar-refractivity contribution in [3.8, 4) is 0 Å². The van der Waals surface area contributed by atoms with E-state index in [2.05, 4.69) is 15.6 Å². The van der Waals surface area contributed by atoms with Crippen molar-refractivity contribution in [3.05, 3.63) is 23.9 Å². The molecule has 1 aliphatic rings. The van der Waals surface area contributed by atoms with Gasteiger partial charge in [0.2, 0.25) is 5.91 Å². The summed E-state index contributed by atoms with van der Waals surface area (Å²) >= 11 is 0. The third-order valence-electron chi connectivity index (χ3n) is 2.59. The summed E-state index contributed by atoms with van der Waals surface area (Å²) in [5.41, 5.74) is 0.966. The van der Waals surface area contributed by atoms with Crippen LogP contribution in [-0.4, -0.2) is 29.4 Å². The van der Waals surface area contributed by atoms with Crippen molar-refractivity contribution >= 4 is 11.7 Å². The molecule has 0 saturated carbocycles. The zero-order valence-corrected chi connectivity index (χ0v) is 9.34. The van der Waals surface area contributed by atoms with Crippen LogP contribution in [0.2, 0.25) is 0 Å². The van der Waals surface area contributed by atoms with E-state index in [0.29, 0.717) is 5.82 Å². The summed E-state index contributed by atoms with van der Waals surface area (Å²) in [6.07, 6.45) is 1.14. The minimum atomic E-state index is -2.80. The number of aromatic nitrogens is 1. The Morgan fingerprint density at radius 3 is 2.88 bits per heavy atom.